The fourth-order valence-electron chi connectivity index (χ4n) is 6.42. The Morgan fingerprint density at radius 3 is 0.980 bits per heavy atom. The van der Waals surface area contributed by atoms with Crippen LogP contribution >= 0.6 is 0 Å². The van der Waals surface area contributed by atoms with E-state index in [0.29, 0.717) is 25.9 Å². The lowest BCUT2D eigenvalue weighted by atomic mass is 9.91. The third-order valence-corrected chi connectivity index (χ3v) is 10.1. The summed E-state index contributed by atoms with van der Waals surface area (Å²) in [5.74, 6) is -0.313. The van der Waals surface area contributed by atoms with Crippen molar-refractivity contribution in [1.82, 2.24) is 5.32 Å². The lowest BCUT2D eigenvalue weighted by Gasteiger charge is -2.15. The van der Waals surface area contributed by atoms with Crippen molar-refractivity contribution in [2.75, 3.05) is 26.8 Å². The van der Waals surface area contributed by atoms with Gasteiger partial charge in [0.1, 0.15) is 11.6 Å². The molecule has 0 radical (unpaired) electrons. The first-order chi connectivity index (χ1) is 24.2. The second-order valence-corrected chi connectivity index (χ2v) is 15.6. The van der Waals surface area contributed by atoms with Crippen LogP contribution in [0.25, 0.3) is 0 Å². The monoisotopic (exact) mass is 734 g/mol. The Kier molecular flexibility index (Phi) is 41.9. The summed E-state index contributed by atoms with van der Waals surface area (Å²) in [5, 5.41) is 12.2. The number of aliphatic hydroxyl groups is 1. The summed E-state index contributed by atoms with van der Waals surface area (Å²) in [7, 11) is -3.29. The highest BCUT2D eigenvalue weighted by atomic mass is 32.3. The number of unbranched alkanes of at least 4 members (excludes halogenated alkanes) is 28. The van der Waals surface area contributed by atoms with Crippen LogP contribution in [0, 0.1) is 5.92 Å². The van der Waals surface area contributed by atoms with Gasteiger partial charge in [-0.2, -0.15) is 8.42 Å². The summed E-state index contributed by atoms with van der Waals surface area (Å²) < 4.78 is 29.7. The number of hydrogen-bond acceptors (Lipinski definition) is 7. The van der Waals surface area contributed by atoms with Crippen LogP contribution in [0.2, 0.25) is 0 Å². The van der Waals surface area contributed by atoms with Crippen LogP contribution in [0.1, 0.15) is 219 Å². The van der Waals surface area contributed by atoms with Gasteiger partial charge in [-0.05, 0) is 12.8 Å². The third-order valence-electron chi connectivity index (χ3n) is 9.68. The van der Waals surface area contributed by atoms with Crippen molar-refractivity contribution in [3.8, 4) is 0 Å². The second kappa shape index (κ2) is 40.9. The number of carbonyl (C=O) groups is 2. The van der Waals surface area contributed by atoms with Crippen molar-refractivity contribution in [2.24, 2.45) is 5.92 Å². The molecule has 300 valence electrons. The maximum Gasteiger partial charge on any atom is 0.397 e. The smallest absolute Gasteiger partial charge is 0.395 e. The maximum atomic E-state index is 12.9. The van der Waals surface area contributed by atoms with Gasteiger partial charge in [0.05, 0.1) is 19.6 Å². The predicted octanol–water partition coefficient (Wildman–Crippen LogP) is 11.3. The summed E-state index contributed by atoms with van der Waals surface area (Å²) in [6.07, 6.45) is 40.4. The minimum absolute atomic E-state index is 0.0349. The Bertz CT molecular complexity index is 776. The quantitative estimate of drug-likeness (QED) is 0.0323. The van der Waals surface area contributed by atoms with E-state index in [-0.39, 0.29) is 18.2 Å². The van der Waals surface area contributed by atoms with Gasteiger partial charge in [0.15, 0.2) is 0 Å². The normalized spacial score (nSPS) is 11.6. The Morgan fingerprint density at radius 1 is 0.520 bits per heavy atom. The highest BCUT2D eigenvalue weighted by Gasteiger charge is 2.24. The lowest BCUT2D eigenvalue weighted by Crippen LogP contribution is -2.35. The van der Waals surface area contributed by atoms with Crippen LogP contribution in [0.5, 0.6) is 0 Å². The molecule has 0 heterocycles. The number of carbonyl (C=O) groups excluding carboxylic acids is 2. The van der Waals surface area contributed by atoms with Crippen molar-refractivity contribution in [2.45, 2.75) is 219 Å². The van der Waals surface area contributed by atoms with Crippen molar-refractivity contribution in [3.63, 3.8) is 0 Å². The molecular weight excluding hydrogens is 651 g/mol. The van der Waals surface area contributed by atoms with Crippen LogP contribution in [-0.4, -0.2) is 56.4 Å². The van der Waals surface area contributed by atoms with Crippen molar-refractivity contribution < 1.29 is 31.8 Å². The summed E-state index contributed by atoms with van der Waals surface area (Å²) >= 11 is 0. The summed E-state index contributed by atoms with van der Waals surface area (Å²) in [6.45, 7) is 5.42. The molecule has 0 spiro atoms. The molecule has 0 amide bonds. The first kappa shape index (κ1) is 51.2. The standard InChI is InChI=1S/C40H79NO3.CH4O4S/c1-3-5-7-9-11-13-15-17-19-21-23-25-27-29-31-33-39(43)38(37-41-35-36-42)40(44)34-32-30-28-26-24-22-20-18-16-14-12-10-8-6-4-2;1-5-6(2,3)4/h38,41-42H,3-37H2,1-2H3;1H3,(H,2,3,4). The van der Waals surface area contributed by atoms with Crippen molar-refractivity contribution >= 4 is 22.0 Å². The zero-order valence-corrected chi connectivity index (χ0v) is 34.0. The molecule has 0 fully saturated rings. The van der Waals surface area contributed by atoms with Crippen LogP contribution in [0.15, 0.2) is 0 Å². The maximum absolute atomic E-state index is 12.9. The number of hydrogen-bond donors (Lipinski definition) is 3. The van der Waals surface area contributed by atoms with E-state index < -0.39 is 16.3 Å². The third kappa shape index (κ3) is 41.5. The van der Waals surface area contributed by atoms with Crippen molar-refractivity contribution in [1.29, 1.82) is 0 Å². The van der Waals surface area contributed by atoms with Crippen LogP contribution < -0.4 is 5.32 Å². The number of Topliss-reactive ketones (excluding diaryl/α,β-unsaturated/α-hetero) is 2. The zero-order chi connectivity index (χ0) is 37.4. The van der Waals surface area contributed by atoms with E-state index in [0.717, 1.165) is 32.8 Å². The first-order valence-corrected chi connectivity index (χ1v) is 22.5. The molecule has 0 saturated carbocycles. The number of rotatable bonds is 39. The van der Waals surface area contributed by atoms with E-state index in [1.807, 2.05) is 0 Å². The van der Waals surface area contributed by atoms with Gasteiger partial charge in [-0.1, -0.05) is 194 Å². The SMILES string of the molecule is CCCCCCCCCCCCCCCCCC(=O)C(CNCCO)C(=O)CCCCCCCCCCCCCCCCC.COS(=O)(=O)O. The Balaban J connectivity index is 0. The second-order valence-electron chi connectivity index (χ2n) is 14.4. The molecule has 0 atom stereocenters. The number of ketones is 2. The van der Waals surface area contributed by atoms with Crippen LogP contribution in [0.4, 0.5) is 0 Å². The molecule has 0 aromatic heterocycles. The molecule has 0 bridgehead atoms. The average Bonchev–Trinajstić information content (AvgIpc) is 3.09. The lowest BCUT2D eigenvalue weighted by molar-refractivity contribution is -0.132. The summed E-state index contributed by atoms with van der Waals surface area (Å²) in [6, 6.07) is 0. The summed E-state index contributed by atoms with van der Waals surface area (Å²) in [4.78, 5) is 25.9. The van der Waals surface area contributed by atoms with Crippen LogP contribution in [0.3, 0.4) is 0 Å². The molecule has 3 N–H and O–H groups in total. The minimum Gasteiger partial charge on any atom is -0.395 e. The van der Waals surface area contributed by atoms with E-state index in [9.17, 15) is 18.0 Å². The summed E-state index contributed by atoms with van der Waals surface area (Å²) in [5.41, 5.74) is 0. The fraction of sp³-hybridized carbons (Fsp3) is 0.951. The molecule has 0 aliphatic carbocycles. The molecule has 0 aliphatic heterocycles. The zero-order valence-electron chi connectivity index (χ0n) is 33.2. The highest BCUT2D eigenvalue weighted by Crippen LogP contribution is 2.17. The van der Waals surface area contributed by atoms with E-state index in [1.54, 1.807) is 0 Å². The Labute approximate surface area is 310 Å². The van der Waals surface area contributed by atoms with Gasteiger partial charge in [-0.25, -0.2) is 0 Å². The first-order valence-electron chi connectivity index (χ1n) is 21.1. The molecule has 0 aliphatic rings. The average molecular weight is 734 g/mol. The van der Waals surface area contributed by atoms with Crippen molar-refractivity contribution in [3.05, 3.63) is 0 Å². The van der Waals surface area contributed by atoms with Gasteiger partial charge in [-0.15, -0.1) is 0 Å². The van der Waals surface area contributed by atoms with E-state index >= 15 is 0 Å². The molecule has 50 heavy (non-hydrogen) atoms. The fourth-order valence-corrected chi connectivity index (χ4v) is 6.42. The largest absolute Gasteiger partial charge is 0.397 e. The molecule has 0 unspecified atom stereocenters. The van der Waals surface area contributed by atoms with Gasteiger partial charge in [-0.3, -0.25) is 18.3 Å². The highest BCUT2D eigenvalue weighted by molar-refractivity contribution is 7.80. The number of nitrogens with one attached hydrogen (secondary N) is 1. The predicted molar refractivity (Wildman–Crippen MR) is 211 cm³/mol. The van der Waals surface area contributed by atoms with E-state index in [1.165, 1.54) is 167 Å². The molecule has 0 aromatic carbocycles. The van der Waals surface area contributed by atoms with Gasteiger partial charge in [0, 0.05) is 25.9 Å². The van der Waals surface area contributed by atoms with E-state index in [4.69, 9.17) is 9.66 Å². The molecular formula is C41H83NO7S. The number of aliphatic hydroxyl groups excluding tert-OH is 1. The van der Waals surface area contributed by atoms with Gasteiger partial charge in [0.2, 0.25) is 0 Å². The van der Waals surface area contributed by atoms with Gasteiger partial charge in [0.25, 0.3) is 0 Å². The Morgan fingerprint density at radius 2 is 0.760 bits per heavy atom. The van der Waals surface area contributed by atoms with Gasteiger partial charge >= 0.3 is 10.4 Å². The molecule has 0 saturated heterocycles. The van der Waals surface area contributed by atoms with Gasteiger partial charge < -0.3 is 10.4 Å². The Hall–Kier alpha value is -0.870. The topological polar surface area (TPSA) is 130 Å². The molecule has 0 aromatic rings. The molecule has 9 heteroatoms. The minimum atomic E-state index is -4.16. The van der Waals surface area contributed by atoms with E-state index in [2.05, 4.69) is 23.3 Å². The van der Waals surface area contributed by atoms with Crippen LogP contribution in [-0.2, 0) is 24.2 Å². The molecule has 0 rings (SSSR count). The molecule has 8 nitrogen and oxygen atoms in total.